The van der Waals surface area contributed by atoms with Gasteiger partial charge in [-0.2, -0.15) is 0 Å². The molecule has 0 saturated carbocycles. The summed E-state index contributed by atoms with van der Waals surface area (Å²) in [5.74, 6) is -0.694. The van der Waals surface area contributed by atoms with Crippen LogP contribution in [0.5, 0.6) is 0 Å². The van der Waals surface area contributed by atoms with Crippen molar-refractivity contribution in [3.8, 4) is 0 Å². The molecule has 3 N–H and O–H groups in total. The summed E-state index contributed by atoms with van der Waals surface area (Å²) in [6.45, 7) is 8.81. The molecule has 34 heavy (non-hydrogen) atoms. The third-order valence-corrected chi connectivity index (χ3v) is 5.11. The van der Waals surface area contributed by atoms with Crippen LogP contribution in [0.4, 0.5) is 15.3 Å². The lowest BCUT2D eigenvalue weighted by Crippen LogP contribution is -2.38. The van der Waals surface area contributed by atoms with Gasteiger partial charge in [-0.1, -0.05) is 30.3 Å². The molecule has 8 heteroatoms. The Morgan fingerprint density at radius 1 is 0.971 bits per heavy atom. The Bertz CT molecular complexity index is 1210. The van der Waals surface area contributed by atoms with Crippen LogP contribution in [0.1, 0.15) is 57.0 Å². The van der Waals surface area contributed by atoms with Gasteiger partial charge < -0.3 is 15.2 Å². The van der Waals surface area contributed by atoms with E-state index in [1.807, 2.05) is 30.3 Å². The molecular formula is C26H31N3O5. The van der Waals surface area contributed by atoms with Crippen molar-refractivity contribution in [3.63, 3.8) is 0 Å². The van der Waals surface area contributed by atoms with Crippen molar-refractivity contribution in [2.45, 2.75) is 58.7 Å². The molecule has 0 aliphatic rings. The molecule has 0 saturated heterocycles. The van der Waals surface area contributed by atoms with Crippen molar-refractivity contribution in [1.29, 1.82) is 0 Å². The lowest BCUT2D eigenvalue weighted by Gasteiger charge is -2.25. The van der Waals surface area contributed by atoms with E-state index in [1.165, 1.54) is 10.8 Å². The van der Waals surface area contributed by atoms with Crippen LogP contribution in [0.15, 0.2) is 54.7 Å². The van der Waals surface area contributed by atoms with E-state index in [9.17, 15) is 14.4 Å². The summed E-state index contributed by atoms with van der Waals surface area (Å²) < 4.78 is 12.2. The number of aryl methyl sites for hydroxylation is 1. The molecule has 0 radical (unpaired) electrons. The molecule has 0 spiro atoms. The van der Waals surface area contributed by atoms with Crippen LogP contribution >= 0.6 is 0 Å². The van der Waals surface area contributed by atoms with Crippen molar-refractivity contribution in [2.75, 3.05) is 5.73 Å². The number of amides is 2. The number of imide groups is 1. The maximum atomic E-state index is 12.9. The number of benzene rings is 2. The van der Waals surface area contributed by atoms with Gasteiger partial charge in [-0.15, -0.1) is 0 Å². The fourth-order valence-electron chi connectivity index (χ4n) is 3.46. The minimum Gasteiger partial charge on any atom is -0.443 e. The number of hydrogen-bond donors (Lipinski definition) is 2. The highest BCUT2D eigenvalue weighted by atomic mass is 16.6. The second-order valence-corrected chi connectivity index (χ2v) is 9.76. The van der Waals surface area contributed by atoms with Gasteiger partial charge in [0.2, 0.25) is 0 Å². The molecule has 180 valence electrons. The largest absolute Gasteiger partial charge is 0.443 e. The average molecular weight is 466 g/mol. The number of nitrogens with one attached hydrogen (secondary N) is 1. The molecule has 0 fully saturated rings. The standard InChI is InChI=1S/C26H31N3O5/c1-25(2,3)34-24(32)29-16-20(19-12-11-18(27)15-21(19)29)22(30)28-23(31)33-26(4,5)14-13-17-9-7-6-8-10-17/h6-12,15-16H,13-14,27H2,1-5H3,(H,28,30,31). The third-order valence-electron chi connectivity index (χ3n) is 5.11. The zero-order chi connectivity index (χ0) is 25.1. The molecular weight excluding hydrogens is 434 g/mol. The molecule has 0 aliphatic heterocycles. The number of fused-ring (bicyclic) bond motifs is 1. The SMILES string of the molecule is CC(C)(C)OC(=O)n1cc(C(=O)NC(=O)OC(C)(C)CCc2ccccc2)c2ccc(N)cc21. The van der Waals surface area contributed by atoms with E-state index in [-0.39, 0.29) is 5.56 Å². The first kappa shape index (κ1) is 24.8. The fourth-order valence-corrected chi connectivity index (χ4v) is 3.46. The molecule has 2 amide bonds. The molecule has 0 bridgehead atoms. The number of ether oxygens (including phenoxy) is 2. The summed E-state index contributed by atoms with van der Waals surface area (Å²) in [6, 6.07) is 14.7. The minimum absolute atomic E-state index is 0.125. The molecule has 2 aromatic carbocycles. The zero-order valence-electron chi connectivity index (χ0n) is 20.2. The second-order valence-electron chi connectivity index (χ2n) is 9.76. The molecule has 1 aromatic heterocycles. The number of hydrogen-bond acceptors (Lipinski definition) is 6. The Morgan fingerprint density at radius 2 is 1.65 bits per heavy atom. The number of nitrogen functional groups attached to an aromatic ring is 1. The Morgan fingerprint density at radius 3 is 2.29 bits per heavy atom. The Kier molecular flexibility index (Phi) is 7.00. The van der Waals surface area contributed by atoms with E-state index in [0.717, 1.165) is 12.0 Å². The normalized spacial score (nSPS) is 11.8. The highest BCUT2D eigenvalue weighted by molar-refractivity contribution is 6.13. The molecule has 8 nitrogen and oxygen atoms in total. The van der Waals surface area contributed by atoms with Gasteiger partial charge in [0.05, 0.1) is 11.1 Å². The van der Waals surface area contributed by atoms with Gasteiger partial charge >= 0.3 is 12.2 Å². The monoisotopic (exact) mass is 465 g/mol. The van der Waals surface area contributed by atoms with E-state index in [0.29, 0.717) is 23.0 Å². The van der Waals surface area contributed by atoms with Gasteiger partial charge in [-0.05, 0) is 71.2 Å². The van der Waals surface area contributed by atoms with Gasteiger partial charge in [0.15, 0.2) is 0 Å². The van der Waals surface area contributed by atoms with Gasteiger partial charge in [0, 0.05) is 17.3 Å². The smallest absolute Gasteiger partial charge is 0.419 e. The van der Waals surface area contributed by atoms with Gasteiger partial charge in [-0.25, -0.2) is 9.59 Å². The first-order valence-corrected chi connectivity index (χ1v) is 11.1. The number of alkyl carbamates (subject to hydrolysis) is 1. The Balaban J connectivity index is 1.75. The maximum absolute atomic E-state index is 12.9. The number of aromatic nitrogens is 1. The van der Waals surface area contributed by atoms with Crippen molar-refractivity contribution in [2.24, 2.45) is 0 Å². The molecule has 3 aromatic rings. The van der Waals surface area contributed by atoms with Gasteiger partial charge in [0.25, 0.3) is 5.91 Å². The van der Waals surface area contributed by atoms with Crippen LogP contribution < -0.4 is 11.1 Å². The van der Waals surface area contributed by atoms with Crippen LogP contribution in [0.3, 0.4) is 0 Å². The predicted octanol–water partition coefficient (Wildman–Crippen LogP) is 5.28. The number of carbonyl (C=O) groups excluding carboxylic acids is 3. The van der Waals surface area contributed by atoms with Crippen molar-refractivity contribution in [3.05, 3.63) is 65.9 Å². The lowest BCUT2D eigenvalue weighted by molar-refractivity contribution is 0.0326. The number of anilines is 1. The summed E-state index contributed by atoms with van der Waals surface area (Å²) in [4.78, 5) is 38.1. The Labute approximate surface area is 199 Å². The highest BCUT2D eigenvalue weighted by Crippen LogP contribution is 2.25. The number of nitrogens with two attached hydrogens (primary N) is 1. The minimum atomic E-state index is -0.864. The quantitative estimate of drug-likeness (QED) is 0.496. The van der Waals surface area contributed by atoms with E-state index in [1.54, 1.807) is 52.8 Å². The van der Waals surface area contributed by atoms with Crippen LogP contribution in [-0.2, 0) is 15.9 Å². The van der Waals surface area contributed by atoms with Crippen LogP contribution in [-0.4, -0.2) is 33.9 Å². The molecule has 1 heterocycles. The zero-order valence-corrected chi connectivity index (χ0v) is 20.2. The maximum Gasteiger partial charge on any atom is 0.419 e. The molecule has 0 atom stereocenters. The molecule has 3 rings (SSSR count). The first-order chi connectivity index (χ1) is 15.8. The van der Waals surface area contributed by atoms with Crippen LogP contribution in [0.2, 0.25) is 0 Å². The average Bonchev–Trinajstić information content (AvgIpc) is 3.10. The topological polar surface area (TPSA) is 113 Å². The third kappa shape index (κ3) is 6.37. The summed E-state index contributed by atoms with van der Waals surface area (Å²) in [7, 11) is 0. The van der Waals surface area contributed by atoms with Crippen molar-refractivity contribution >= 4 is 34.7 Å². The van der Waals surface area contributed by atoms with Gasteiger partial charge in [-0.3, -0.25) is 14.7 Å². The fraction of sp³-hybridized carbons (Fsp3) is 0.346. The summed E-state index contributed by atoms with van der Waals surface area (Å²) in [6.07, 6.45) is 1.11. The number of carbonyl (C=O) groups is 3. The number of nitrogens with zero attached hydrogens (tertiary/aromatic N) is 1. The first-order valence-electron chi connectivity index (χ1n) is 11.1. The predicted molar refractivity (Wildman–Crippen MR) is 131 cm³/mol. The van der Waals surface area contributed by atoms with Crippen molar-refractivity contribution in [1.82, 2.24) is 9.88 Å². The molecule has 0 unspecified atom stereocenters. The Hall–Kier alpha value is -3.81. The number of rotatable bonds is 5. The van der Waals surface area contributed by atoms with Crippen molar-refractivity contribution < 1.29 is 23.9 Å². The van der Waals surface area contributed by atoms with E-state index < -0.39 is 29.3 Å². The molecule has 0 aliphatic carbocycles. The van der Waals surface area contributed by atoms with Crippen LogP contribution in [0, 0.1) is 0 Å². The summed E-state index contributed by atoms with van der Waals surface area (Å²) in [5.41, 5.74) is 6.43. The van der Waals surface area contributed by atoms with E-state index in [2.05, 4.69) is 5.32 Å². The van der Waals surface area contributed by atoms with Crippen LogP contribution in [0.25, 0.3) is 10.9 Å². The van der Waals surface area contributed by atoms with E-state index >= 15 is 0 Å². The second kappa shape index (κ2) is 9.59. The summed E-state index contributed by atoms with van der Waals surface area (Å²) in [5, 5.41) is 2.71. The van der Waals surface area contributed by atoms with E-state index in [4.69, 9.17) is 15.2 Å². The highest BCUT2D eigenvalue weighted by Gasteiger charge is 2.27. The lowest BCUT2D eigenvalue weighted by atomic mass is 9.99. The summed E-state index contributed by atoms with van der Waals surface area (Å²) >= 11 is 0. The van der Waals surface area contributed by atoms with Gasteiger partial charge in [0.1, 0.15) is 11.2 Å².